The van der Waals surface area contributed by atoms with Crippen LogP contribution in [0.5, 0.6) is 0 Å². The van der Waals surface area contributed by atoms with Gasteiger partial charge in [0.15, 0.2) is 0 Å². The van der Waals surface area contributed by atoms with Gasteiger partial charge in [-0.05, 0) is 31.4 Å². The molecule has 1 aromatic carbocycles. The van der Waals surface area contributed by atoms with Gasteiger partial charge in [0.05, 0.1) is 6.42 Å². The first-order chi connectivity index (χ1) is 8.72. The Kier molecular flexibility index (Phi) is 4.24. The van der Waals surface area contributed by atoms with Crippen LogP contribution >= 0.6 is 0 Å². The fraction of sp³-hybridized carbons (Fsp3) is 0.533. The summed E-state index contributed by atoms with van der Waals surface area (Å²) < 4.78 is 0. The maximum absolute atomic E-state index is 12.4. The van der Waals surface area contributed by atoms with Crippen molar-refractivity contribution in [1.82, 2.24) is 4.90 Å². The molecule has 1 amide bonds. The van der Waals surface area contributed by atoms with Gasteiger partial charge < -0.3 is 10.6 Å². The lowest BCUT2D eigenvalue weighted by atomic mass is 10.1. The highest BCUT2D eigenvalue weighted by Gasteiger charge is 2.25. The molecule has 98 valence electrons. The van der Waals surface area contributed by atoms with E-state index in [1.54, 1.807) is 0 Å². The van der Waals surface area contributed by atoms with Crippen molar-refractivity contribution in [3.8, 4) is 0 Å². The van der Waals surface area contributed by atoms with Gasteiger partial charge in [0.1, 0.15) is 0 Å². The third kappa shape index (κ3) is 2.84. The van der Waals surface area contributed by atoms with Crippen molar-refractivity contribution < 1.29 is 4.79 Å². The molecule has 3 nitrogen and oxygen atoms in total. The third-order valence-corrected chi connectivity index (χ3v) is 3.82. The summed E-state index contributed by atoms with van der Waals surface area (Å²) >= 11 is 0. The first kappa shape index (κ1) is 12.9. The first-order valence-corrected chi connectivity index (χ1v) is 6.85. The van der Waals surface area contributed by atoms with Crippen LogP contribution in [0.25, 0.3) is 0 Å². The summed E-state index contributed by atoms with van der Waals surface area (Å²) in [5, 5.41) is 0. The lowest BCUT2D eigenvalue weighted by Gasteiger charge is -2.28. The number of carbonyl (C=O) groups excluding carboxylic acids is 1. The largest absolute Gasteiger partial charge is 0.398 e. The van der Waals surface area contributed by atoms with Crippen LogP contribution in [0, 0.1) is 0 Å². The van der Waals surface area contributed by atoms with Gasteiger partial charge in [-0.25, -0.2) is 0 Å². The van der Waals surface area contributed by atoms with E-state index in [1.165, 1.54) is 12.8 Å². The van der Waals surface area contributed by atoms with Crippen LogP contribution < -0.4 is 5.73 Å². The Bertz CT molecular complexity index is 411. The van der Waals surface area contributed by atoms with Crippen molar-refractivity contribution in [2.45, 2.75) is 45.1 Å². The predicted octanol–water partition coefficient (Wildman–Crippen LogP) is 2.60. The molecule has 2 N–H and O–H groups in total. The number of benzene rings is 1. The number of nitrogens with two attached hydrogens (primary N) is 1. The van der Waals surface area contributed by atoms with Gasteiger partial charge >= 0.3 is 0 Å². The fourth-order valence-electron chi connectivity index (χ4n) is 2.81. The number of nitrogens with zero attached hydrogens (tertiary/aromatic N) is 1. The van der Waals surface area contributed by atoms with E-state index < -0.39 is 0 Å². The molecule has 0 aromatic heterocycles. The van der Waals surface area contributed by atoms with E-state index in [0.717, 1.165) is 24.9 Å². The SMILES string of the molecule is CCN(C(=O)Cc1ccccc1N)C1CCCC1. The normalized spacial score (nSPS) is 15.8. The molecule has 0 heterocycles. The smallest absolute Gasteiger partial charge is 0.227 e. The summed E-state index contributed by atoms with van der Waals surface area (Å²) in [5.41, 5.74) is 7.55. The molecule has 0 spiro atoms. The molecular formula is C15H22N2O. The summed E-state index contributed by atoms with van der Waals surface area (Å²) in [6.07, 6.45) is 5.24. The number of hydrogen-bond donors (Lipinski definition) is 1. The van der Waals surface area contributed by atoms with Crippen LogP contribution in [-0.2, 0) is 11.2 Å². The minimum Gasteiger partial charge on any atom is -0.398 e. The molecule has 1 aromatic rings. The number of para-hydroxylation sites is 1. The number of anilines is 1. The highest BCUT2D eigenvalue weighted by molar-refractivity contribution is 5.80. The van der Waals surface area contributed by atoms with E-state index in [-0.39, 0.29) is 5.91 Å². The molecule has 0 bridgehead atoms. The highest BCUT2D eigenvalue weighted by Crippen LogP contribution is 2.24. The minimum atomic E-state index is 0.210. The van der Waals surface area contributed by atoms with Gasteiger partial charge in [-0.15, -0.1) is 0 Å². The average molecular weight is 246 g/mol. The number of likely N-dealkylation sites (N-methyl/N-ethyl adjacent to an activating group) is 1. The Morgan fingerprint density at radius 3 is 2.61 bits per heavy atom. The molecule has 1 aliphatic carbocycles. The highest BCUT2D eigenvalue weighted by atomic mass is 16.2. The Hall–Kier alpha value is -1.51. The molecule has 1 saturated carbocycles. The molecule has 3 heteroatoms. The molecule has 18 heavy (non-hydrogen) atoms. The van der Waals surface area contributed by atoms with Crippen molar-refractivity contribution in [3.63, 3.8) is 0 Å². The maximum Gasteiger partial charge on any atom is 0.227 e. The molecule has 0 aliphatic heterocycles. The van der Waals surface area contributed by atoms with Crippen LogP contribution in [-0.4, -0.2) is 23.4 Å². The van der Waals surface area contributed by atoms with Gasteiger partial charge in [0.25, 0.3) is 0 Å². The van der Waals surface area contributed by atoms with Crippen LogP contribution in [0.4, 0.5) is 5.69 Å². The summed E-state index contributed by atoms with van der Waals surface area (Å²) in [5.74, 6) is 0.210. The van der Waals surface area contributed by atoms with Crippen molar-refractivity contribution in [2.75, 3.05) is 12.3 Å². The summed E-state index contributed by atoms with van der Waals surface area (Å²) in [4.78, 5) is 14.4. The van der Waals surface area contributed by atoms with E-state index >= 15 is 0 Å². The zero-order valence-corrected chi connectivity index (χ0v) is 11.1. The molecule has 1 aliphatic rings. The second-order valence-corrected chi connectivity index (χ2v) is 4.99. The maximum atomic E-state index is 12.4. The van der Waals surface area contributed by atoms with Crippen molar-refractivity contribution in [1.29, 1.82) is 0 Å². The summed E-state index contributed by atoms with van der Waals surface area (Å²) in [7, 11) is 0. The van der Waals surface area contributed by atoms with Gasteiger partial charge in [-0.1, -0.05) is 31.0 Å². The lowest BCUT2D eigenvalue weighted by Crippen LogP contribution is -2.39. The van der Waals surface area contributed by atoms with Crippen LogP contribution in [0.3, 0.4) is 0 Å². The lowest BCUT2D eigenvalue weighted by molar-refractivity contribution is -0.132. The molecule has 1 fully saturated rings. The monoisotopic (exact) mass is 246 g/mol. The summed E-state index contributed by atoms with van der Waals surface area (Å²) in [6.45, 7) is 2.86. The molecule has 2 rings (SSSR count). The van der Waals surface area contributed by atoms with Gasteiger partial charge in [-0.3, -0.25) is 4.79 Å². The van der Waals surface area contributed by atoms with E-state index in [4.69, 9.17) is 5.73 Å². The van der Waals surface area contributed by atoms with Crippen molar-refractivity contribution in [3.05, 3.63) is 29.8 Å². The second-order valence-electron chi connectivity index (χ2n) is 4.99. The molecule has 0 saturated heterocycles. The van der Waals surface area contributed by atoms with Gasteiger partial charge in [0.2, 0.25) is 5.91 Å². The van der Waals surface area contributed by atoms with E-state index in [2.05, 4.69) is 6.92 Å². The minimum absolute atomic E-state index is 0.210. The van der Waals surface area contributed by atoms with Gasteiger partial charge in [-0.2, -0.15) is 0 Å². The average Bonchev–Trinajstić information content (AvgIpc) is 2.87. The Morgan fingerprint density at radius 1 is 1.33 bits per heavy atom. The fourth-order valence-corrected chi connectivity index (χ4v) is 2.81. The quantitative estimate of drug-likeness (QED) is 0.830. The first-order valence-electron chi connectivity index (χ1n) is 6.85. The van der Waals surface area contributed by atoms with Crippen molar-refractivity contribution >= 4 is 11.6 Å². The zero-order valence-electron chi connectivity index (χ0n) is 11.1. The zero-order chi connectivity index (χ0) is 13.0. The Morgan fingerprint density at radius 2 is 2.00 bits per heavy atom. The van der Waals surface area contributed by atoms with E-state index in [0.29, 0.717) is 18.2 Å². The number of amides is 1. The van der Waals surface area contributed by atoms with Crippen LogP contribution in [0.1, 0.15) is 38.2 Å². The number of carbonyl (C=O) groups is 1. The topological polar surface area (TPSA) is 46.3 Å². The van der Waals surface area contributed by atoms with Crippen molar-refractivity contribution in [2.24, 2.45) is 0 Å². The molecular weight excluding hydrogens is 224 g/mol. The Balaban J connectivity index is 2.03. The summed E-state index contributed by atoms with van der Waals surface area (Å²) in [6, 6.07) is 8.08. The number of rotatable bonds is 4. The number of nitrogen functional groups attached to an aromatic ring is 1. The van der Waals surface area contributed by atoms with E-state index in [9.17, 15) is 4.79 Å². The van der Waals surface area contributed by atoms with Crippen LogP contribution in [0.2, 0.25) is 0 Å². The second kappa shape index (κ2) is 5.89. The molecule has 0 radical (unpaired) electrons. The van der Waals surface area contributed by atoms with Gasteiger partial charge in [0, 0.05) is 18.3 Å². The van der Waals surface area contributed by atoms with Crippen LogP contribution in [0.15, 0.2) is 24.3 Å². The standard InChI is InChI=1S/C15H22N2O/c1-2-17(13-8-4-5-9-13)15(18)11-12-7-3-6-10-14(12)16/h3,6-7,10,13H,2,4-5,8-9,11,16H2,1H3. The van der Waals surface area contributed by atoms with E-state index in [1.807, 2.05) is 29.2 Å². The third-order valence-electron chi connectivity index (χ3n) is 3.82. The molecule has 0 unspecified atom stereocenters. The predicted molar refractivity (Wildman–Crippen MR) is 74.2 cm³/mol. The Labute approximate surface area is 109 Å². The molecule has 0 atom stereocenters. The number of hydrogen-bond acceptors (Lipinski definition) is 2.